The summed E-state index contributed by atoms with van der Waals surface area (Å²) in [6, 6.07) is -3.02. The van der Waals surface area contributed by atoms with E-state index in [0.29, 0.717) is 30.7 Å². The normalized spacial score (nSPS) is 32.1. The molecule has 5 atom stereocenters. The van der Waals surface area contributed by atoms with Gasteiger partial charge in [0, 0.05) is 18.6 Å². The van der Waals surface area contributed by atoms with E-state index in [1.165, 1.54) is 19.3 Å². The third-order valence-corrected chi connectivity index (χ3v) is 13.4. The standard InChI is InChI=1S/C41H63N5O7/c1-7-8-14-29(34(48)36(50)42-16-15-30(47)53-39(2,3)4)43-35(49)33-31-28(40(31,5)6)23-46(33)37(51)32(27-12-10-9-11-13-27)44-38(52)45-41-20-24-17-25(21-41)19-26(18-24)22-41/h7,24-29,31-33H,1,8-23H2,2-6H3,(H,42,50)(H,43,49)(H2,44,45,52). The number of hydrogen-bond donors (Lipinski definition) is 4. The number of carbonyl (C=O) groups excluding carboxylic acids is 6. The van der Waals surface area contributed by atoms with Crippen LogP contribution in [0.3, 0.4) is 0 Å². The minimum absolute atomic E-state index is 0.0293. The Hall–Kier alpha value is -3.44. The maximum Gasteiger partial charge on any atom is 0.315 e. The molecule has 0 aromatic rings. The number of hydrogen-bond acceptors (Lipinski definition) is 7. The molecule has 7 aliphatic rings. The van der Waals surface area contributed by atoms with E-state index in [4.69, 9.17) is 4.74 Å². The minimum Gasteiger partial charge on any atom is -0.460 e. The van der Waals surface area contributed by atoms with E-state index < -0.39 is 47.3 Å². The zero-order valence-electron chi connectivity index (χ0n) is 32.6. The van der Waals surface area contributed by atoms with Gasteiger partial charge in [0.05, 0.1) is 12.5 Å². The highest BCUT2D eigenvalue weighted by Gasteiger charge is 2.70. The van der Waals surface area contributed by atoms with Crippen molar-refractivity contribution >= 4 is 35.5 Å². The number of rotatable bonds is 14. The van der Waals surface area contributed by atoms with Crippen molar-refractivity contribution < 1.29 is 33.5 Å². The third-order valence-electron chi connectivity index (χ3n) is 13.4. The lowest BCUT2D eigenvalue weighted by Crippen LogP contribution is -2.64. The summed E-state index contributed by atoms with van der Waals surface area (Å²) in [5.74, 6) is -0.973. The van der Waals surface area contributed by atoms with E-state index in [-0.39, 0.29) is 60.0 Å². The van der Waals surface area contributed by atoms with Gasteiger partial charge in [0.2, 0.25) is 17.6 Å². The molecule has 12 nitrogen and oxygen atoms in total. The molecule has 1 heterocycles. The van der Waals surface area contributed by atoms with Crippen molar-refractivity contribution in [1.29, 1.82) is 0 Å². The lowest BCUT2D eigenvalue weighted by atomic mass is 9.53. The van der Waals surface area contributed by atoms with Crippen molar-refractivity contribution in [2.75, 3.05) is 13.1 Å². The van der Waals surface area contributed by atoms with Gasteiger partial charge in [-0.2, -0.15) is 0 Å². The molecule has 6 aliphatic carbocycles. The number of likely N-dealkylation sites (tertiary alicyclic amines) is 1. The second-order valence-electron chi connectivity index (χ2n) is 18.9. The van der Waals surface area contributed by atoms with Crippen molar-refractivity contribution in [2.24, 2.45) is 40.9 Å². The number of nitrogens with one attached hydrogen (secondary N) is 4. The highest BCUT2D eigenvalue weighted by Crippen LogP contribution is 2.65. The number of allylic oxidation sites excluding steroid dienone is 1. The summed E-state index contributed by atoms with van der Waals surface area (Å²) >= 11 is 0. The Labute approximate surface area is 315 Å². The molecule has 1 aliphatic heterocycles. The lowest BCUT2D eigenvalue weighted by molar-refractivity contribution is -0.154. The summed E-state index contributed by atoms with van der Waals surface area (Å²) in [6.07, 6.45) is 13.6. The van der Waals surface area contributed by atoms with Gasteiger partial charge >= 0.3 is 12.0 Å². The molecule has 0 radical (unpaired) electrons. The average Bonchev–Trinajstić information content (AvgIpc) is 3.38. The van der Waals surface area contributed by atoms with Crippen LogP contribution in [0, 0.1) is 40.9 Å². The summed E-state index contributed by atoms with van der Waals surface area (Å²) in [4.78, 5) is 83.0. The molecule has 0 aromatic heterocycles. The van der Waals surface area contributed by atoms with Crippen LogP contribution < -0.4 is 21.3 Å². The van der Waals surface area contributed by atoms with E-state index >= 15 is 0 Å². The van der Waals surface area contributed by atoms with E-state index in [9.17, 15) is 28.8 Å². The molecule has 1 saturated heterocycles. The molecule has 4 bridgehead atoms. The van der Waals surface area contributed by atoms with Gasteiger partial charge < -0.3 is 30.9 Å². The van der Waals surface area contributed by atoms with Crippen LogP contribution in [0.1, 0.15) is 125 Å². The highest BCUT2D eigenvalue weighted by atomic mass is 16.6. The van der Waals surface area contributed by atoms with Crippen LogP contribution >= 0.6 is 0 Å². The van der Waals surface area contributed by atoms with E-state index in [1.54, 1.807) is 31.7 Å². The van der Waals surface area contributed by atoms with Crippen molar-refractivity contribution in [3.8, 4) is 0 Å². The SMILES string of the molecule is C=CCCC(NC(=O)C1C2C(CN1C(=O)C(NC(=O)NC13CC4CC(CC(C4)C1)C3)C1CCCCC1)C2(C)C)C(=O)C(=O)NCCC(=O)OC(C)(C)C. The van der Waals surface area contributed by atoms with Gasteiger partial charge in [-0.05, 0) is 126 Å². The molecule has 7 rings (SSSR count). The molecular weight excluding hydrogens is 674 g/mol. The van der Waals surface area contributed by atoms with Crippen LogP contribution in [-0.2, 0) is 28.7 Å². The number of Topliss-reactive ketones (excluding diaryl/α,β-unsaturated/α-hetero) is 1. The highest BCUT2D eigenvalue weighted by molar-refractivity contribution is 6.38. The molecule has 0 spiro atoms. The van der Waals surface area contributed by atoms with E-state index in [0.717, 1.165) is 51.4 Å². The summed E-state index contributed by atoms with van der Waals surface area (Å²) in [5, 5.41) is 11.9. The first-order chi connectivity index (χ1) is 25.0. The number of ketones is 1. The second kappa shape index (κ2) is 15.4. The third kappa shape index (κ3) is 8.77. The summed E-state index contributed by atoms with van der Waals surface area (Å²) in [6.45, 7) is 13.5. The molecule has 294 valence electrons. The topological polar surface area (TPSA) is 163 Å². The Morgan fingerprint density at radius 2 is 1.55 bits per heavy atom. The number of piperidine rings is 1. The van der Waals surface area contributed by atoms with Gasteiger partial charge in [-0.1, -0.05) is 39.2 Å². The predicted octanol–water partition coefficient (Wildman–Crippen LogP) is 4.55. The van der Waals surface area contributed by atoms with Crippen LogP contribution in [0.25, 0.3) is 0 Å². The fourth-order valence-electron chi connectivity index (χ4n) is 11.2. The number of carbonyl (C=O) groups is 6. The number of fused-ring (bicyclic) bond motifs is 1. The first-order valence-electron chi connectivity index (χ1n) is 20.3. The fourth-order valence-corrected chi connectivity index (χ4v) is 11.2. The lowest BCUT2D eigenvalue weighted by Gasteiger charge is -2.56. The van der Waals surface area contributed by atoms with Crippen LogP contribution in [0.4, 0.5) is 4.79 Å². The van der Waals surface area contributed by atoms with Gasteiger partial charge in [-0.25, -0.2) is 4.79 Å². The first-order valence-corrected chi connectivity index (χ1v) is 20.3. The number of amides is 5. The van der Waals surface area contributed by atoms with Gasteiger partial charge in [-0.15, -0.1) is 6.58 Å². The Morgan fingerprint density at radius 3 is 2.13 bits per heavy atom. The quantitative estimate of drug-likeness (QED) is 0.116. The molecule has 5 amide bonds. The zero-order chi connectivity index (χ0) is 38.3. The van der Waals surface area contributed by atoms with Gasteiger partial charge in [0.1, 0.15) is 17.7 Å². The maximum atomic E-state index is 14.7. The van der Waals surface area contributed by atoms with Gasteiger partial charge in [-0.3, -0.25) is 24.0 Å². The van der Waals surface area contributed by atoms with Crippen molar-refractivity contribution in [3.63, 3.8) is 0 Å². The first kappa shape index (κ1) is 39.3. The van der Waals surface area contributed by atoms with Crippen molar-refractivity contribution in [2.45, 2.75) is 154 Å². The van der Waals surface area contributed by atoms with Crippen molar-refractivity contribution in [3.05, 3.63) is 12.7 Å². The molecule has 7 fully saturated rings. The van der Waals surface area contributed by atoms with Crippen LogP contribution in [0.15, 0.2) is 12.7 Å². The smallest absolute Gasteiger partial charge is 0.315 e. The Bertz CT molecular complexity index is 1430. The maximum absolute atomic E-state index is 14.7. The number of urea groups is 1. The Balaban J connectivity index is 1.14. The Kier molecular flexibility index (Phi) is 11.4. The monoisotopic (exact) mass is 737 g/mol. The molecule has 6 saturated carbocycles. The second-order valence-corrected chi connectivity index (χ2v) is 18.9. The van der Waals surface area contributed by atoms with Crippen LogP contribution in [-0.4, -0.2) is 82.8 Å². The Morgan fingerprint density at radius 1 is 0.925 bits per heavy atom. The largest absolute Gasteiger partial charge is 0.460 e. The number of esters is 1. The van der Waals surface area contributed by atoms with E-state index in [1.807, 2.05) is 0 Å². The molecule has 53 heavy (non-hydrogen) atoms. The van der Waals surface area contributed by atoms with Gasteiger partial charge in [0.15, 0.2) is 0 Å². The predicted molar refractivity (Wildman–Crippen MR) is 199 cm³/mol. The van der Waals surface area contributed by atoms with Crippen LogP contribution in [0.2, 0.25) is 0 Å². The zero-order valence-corrected chi connectivity index (χ0v) is 32.6. The number of ether oxygens (including phenoxy) is 1. The average molecular weight is 738 g/mol. The molecule has 0 aromatic carbocycles. The molecule has 4 N–H and O–H groups in total. The summed E-state index contributed by atoms with van der Waals surface area (Å²) in [5.41, 5.74) is -1.05. The van der Waals surface area contributed by atoms with Gasteiger partial charge in [0.25, 0.3) is 5.91 Å². The molecular formula is C41H63N5O7. The summed E-state index contributed by atoms with van der Waals surface area (Å²) in [7, 11) is 0. The van der Waals surface area contributed by atoms with E-state index in [2.05, 4.69) is 41.7 Å². The van der Waals surface area contributed by atoms with Crippen LogP contribution in [0.5, 0.6) is 0 Å². The number of nitrogens with zero attached hydrogens (tertiary/aromatic N) is 1. The summed E-state index contributed by atoms with van der Waals surface area (Å²) < 4.78 is 5.28. The minimum atomic E-state index is -1.14. The van der Waals surface area contributed by atoms with Crippen molar-refractivity contribution in [1.82, 2.24) is 26.2 Å². The molecule has 5 unspecified atom stereocenters. The fraction of sp³-hybridized carbons (Fsp3) is 0.805. The molecule has 12 heteroatoms.